The van der Waals surface area contributed by atoms with E-state index >= 15 is 0 Å². The highest BCUT2D eigenvalue weighted by Gasteiger charge is 2.29. The van der Waals surface area contributed by atoms with E-state index in [0.29, 0.717) is 12.8 Å². The van der Waals surface area contributed by atoms with Crippen molar-refractivity contribution in [1.82, 2.24) is 0 Å². The highest BCUT2D eigenvalue weighted by atomic mass is 35.5. The Kier molecular flexibility index (Phi) is 16.2. The molecular formula is C31H49ClO3. The van der Waals surface area contributed by atoms with E-state index in [1.807, 2.05) is 39.8 Å². The number of unbranched alkanes of at least 4 members (excludes halogenated alkanes) is 2. The molecule has 4 heteroatoms. The van der Waals surface area contributed by atoms with Crippen LogP contribution in [0.1, 0.15) is 121 Å². The topological polar surface area (TPSA) is 49.7 Å². The van der Waals surface area contributed by atoms with Crippen molar-refractivity contribution in [1.29, 1.82) is 0 Å². The van der Waals surface area contributed by atoms with E-state index in [4.69, 9.17) is 16.3 Å². The number of benzene rings is 2. The molecule has 3 nitrogen and oxygen atoms in total. The van der Waals surface area contributed by atoms with Crippen molar-refractivity contribution in [3.05, 3.63) is 69.7 Å². The molecule has 1 aliphatic heterocycles. The van der Waals surface area contributed by atoms with Gasteiger partial charge in [-0.2, -0.15) is 0 Å². The summed E-state index contributed by atoms with van der Waals surface area (Å²) in [5.74, 6) is 0.769. The van der Waals surface area contributed by atoms with Crippen molar-refractivity contribution in [2.75, 3.05) is 6.61 Å². The molecule has 0 aromatic heterocycles. The average Bonchev–Trinajstić information content (AvgIpc) is 3.74. The van der Waals surface area contributed by atoms with Gasteiger partial charge < -0.3 is 14.9 Å². The normalized spacial score (nSPS) is 20.9. The number of aliphatic hydroxyl groups is 2. The minimum absolute atomic E-state index is 0.0681. The minimum Gasteiger partial charge on any atom is -0.394 e. The van der Waals surface area contributed by atoms with Gasteiger partial charge in [0.2, 0.25) is 0 Å². The Bertz CT molecular complexity index is 799. The maximum atomic E-state index is 10.1. The van der Waals surface area contributed by atoms with Crippen LogP contribution in [-0.4, -0.2) is 29.0 Å². The SMILES string of the molecule is CC.CC.CCCCC.OCC1CC(O)CC(c2ccc(Cl)c(Cc3ccc(C4CC4)cc3)c2)O1. The number of rotatable bonds is 7. The molecule has 1 heterocycles. The summed E-state index contributed by atoms with van der Waals surface area (Å²) >= 11 is 6.43. The minimum atomic E-state index is -0.444. The summed E-state index contributed by atoms with van der Waals surface area (Å²) in [6.07, 6.45) is 7.56. The maximum Gasteiger partial charge on any atom is 0.0854 e. The zero-order chi connectivity index (χ0) is 26.2. The van der Waals surface area contributed by atoms with E-state index in [-0.39, 0.29) is 18.8 Å². The van der Waals surface area contributed by atoms with E-state index in [0.717, 1.165) is 28.5 Å². The molecule has 35 heavy (non-hydrogen) atoms. The van der Waals surface area contributed by atoms with Gasteiger partial charge >= 0.3 is 0 Å². The second kappa shape index (κ2) is 17.9. The summed E-state index contributed by atoms with van der Waals surface area (Å²) in [6, 6.07) is 14.8. The van der Waals surface area contributed by atoms with Crippen LogP contribution in [0.4, 0.5) is 0 Å². The molecule has 0 bridgehead atoms. The number of ether oxygens (including phenoxy) is 1. The van der Waals surface area contributed by atoms with E-state index in [1.165, 1.54) is 43.2 Å². The molecule has 4 rings (SSSR count). The molecule has 2 fully saturated rings. The molecule has 1 aliphatic carbocycles. The lowest BCUT2D eigenvalue weighted by molar-refractivity contribution is -0.113. The van der Waals surface area contributed by atoms with Crippen molar-refractivity contribution >= 4 is 11.6 Å². The fourth-order valence-electron chi connectivity index (χ4n) is 4.15. The fraction of sp³-hybridized carbons (Fsp3) is 0.613. The van der Waals surface area contributed by atoms with Gasteiger partial charge in [-0.05, 0) is 53.5 Å². The predicted molar refractivity (Wildman–Crippen MR) is 151 cm³/mol. The molecule has 2 aromatic rings. The van der Waals surface area contributed by atoms with Crippen LogP contribution in [0, 0.1) is 0 Å². The Hall–Kier alpha value is -1.39. The number of halogens is 1. The first-order valence-electron chi connectivity index (χ1n) is 13.9. The van der Waals surface area contributed by atoms with Gasteiger partial charge in [-0.25, -0.2) is 0 Å². The van der Waals surface area contributed by atoms with Crippen LogP contribution in [0.25, 0.3) is 0 Å². The lowest BCUT2D eigenvalue weighted by Crippen LogP contribution is -2.33. The van der Waals surface area contributed by atoms with Crippen molar-refractivity contribution in [3.63, 3.8) is 0 Å². The molecule has 3 unspecified atom stereocenters. The van der Waals surface area contributed by atoms with Gasteiger partial charge in [-0.3, -0.25) is 0 Å². The largest absolute Gasteiger partial charge is 0.394 e. The van der Waals surface area contributed by atoms with Gasteiger partial charge in [0.25, 0.3) is 0 Å². The van der Waals surface area contributed by atoms with Gasteiger partial charge in [-0.1, -0.05) is 109 Å². The van der Waals surface area contributed by atoms with Gasteiger partial charge in [0, 0.05) is 17.9 Å². The lowest BCUT2D eigenvalue weighted by atomic mass is 9.94. The number of hydrogen-bond acceptors (Lipinski definition) is 3. The maximum absolute atomic E-state index is 10.1. The number of aliphatic hydroxyl groups excluding tert-OH is 2. The van der Waals surface area contributed by atoms with E-state index in [9.17, 15) is 10.2 Å². The van der Waals surface area contributed by atoms with Crippen LogP contribution in [-0.2, 0) is 11.2 Å². The van der Waals surface area contributed by atoms with Crippen LogP contribution >= 0.6 is 11.6 Å². The summed E-state index contributed by atoms with van der Waals surface area (Å²) in [5, 5.41) is 20.2. The Morgan fingerprint density at radius 3 is 2.00 bits per heavy atom. The van der Waals surface area contributed by atoms with Gasteiger partial charge in [0.15, 0.2) is 0 Å². The summed E-state index contributed by atoms with van der Waals surface area (Å²) in [6.45, 7) is 12.4. The first kappa shape index (κ1) is 31.6. The van der Waals surface area contributed by atoms with Gasteiger partial charge in [0.05, 0.1) is 24.9 Å². The van der Waals surface area contributed by atoms with Crippen molar-refractivity contribution in [2.24, 2.45) is 0 Å². The second-order valence-corrected chi connectivity index (χ2v) is 9.36. The lowest BCUT2D eigenvalue weighted by Gasteiger charge is -2.32. The second-order valence-electron chi connectivity index (χ2n) is 8.95. The van der Waals surface area contributed by atoms with E-state index < -0.39 is 6.10 Å². The van der Waals surface area contributed by atoms with Crippen molar-refractivity contribution < 1.29 is 14.9 Å². The Balaban J connectivity index is 0.000000598. The third-order valence-corrected chi connectivity index (χ3v) is 6.52. The number of hydrogen-bond donors (Lipinski definition) is 2. The van der Waals surface area contributed by atoms with Crippen molar-refractivity contribution in [3.8, 4) is 0 Å². The first-order valence-corrected chi connectivity index (χ1v) is 14.2. The Morgan fingerprint density at radius 1 is 0.886 bits per heavy atom. The molecule has 0 spiro atoms. The highest BCUT2D eigenvalue weighted by Crippen LogP contribution is 2.40. The molecule has 0 radical (unpaired) electrons. The van der Waals surface area contributed by atoms with Gasteiger partial charge in [0.1, 0.15) is 0 Å². The van der Waals surface area contributed by atoms with Crippen molar-refractivity contribution in [2.45, 2.75) is 117 Å². The molecule has 2 aliphatic rings. The zero-order valence-electron chi connectivity index (χ0n) is 22.9. The molecule has 2 aromatic carbocycles. The molecule has 1 saturated carbocycles. The van der Waals surface area contributed by atoms with Crippen LogP contribution in [0.2, 0.25) is 5.02 Å². The third-order valence-electron chi connectivity index (χ3n) is 6.15. The van der Waals surface area contributed by atoms with Crippen LogP contribution < -0.4 is 0 Å². The highest BCUT2D eigenvalue weighted by molar-refractivity contribution is 6.31. The van der Waals surface area contributed by atoms with Crippen LogP contribution in [0.5, 0.6) is 0 Å². The summed E-state index contributed by atoms with van der Waals surface area (Å²) in [5.41, 5.74) is 4.75. The van der Waals surface area contributed by atoms with E-state index in [1.54, 1.807) is 0 Å². The zero-order valence-corrected chi connectivity index (χ0v) is 23.7. The van der Waals surface area contributed by atoms with E-state index in [2.05, 4.69) is 44.2 Å². The standard InChI is InChI=1S/C22H25ClO3.C5H12.2C2H6/c23-21-8-7-17(22-12-19(25)11-20(13-24)26-22)10-18(21)9-14-1-3-15(4-2-14)16-5-6-16;1-3-5-4-2;2*1-2/h1-4,7-8,10,16,19-20,22,24-25H,5-6,9,11-13H2;3-5H2,1-2H3;2*1-2H3. The molecular weight excluding hydrogens is 456 g/mol. The smallest absolute Gasteiger partial charge is 0.0854 e. The average molecular weight is 505 g/mol. The Labute approximate surface area is 219 Å². The Morgan fingerprint density at radius 2 is 1.49 bits per heavy atom. The summed E-state index contributed by atoms with van der Waals surface area (Å²) in [7, 11) is 0. The fourth-order valence-corrected chi connectivity index (χ4v) is 4.33. The summed E-state index contributed by atoms with van der Waals surface area (Å²) < 4.78 is 5.93. The molecule has 198 valence electrons. The van der Waals surface area contributed by atoms with Gasteiger partial charge in [-0.15, -0.1) is 0 Å². The molecule has 0 amide bonds. The summed E-state index contributed by atoms with van der Waals surface area (Å²) in [4.78, 5) is 0. The monoisotopic (exact) mass is 504 g/mol. The molecule has 3 atom stereocenters. The molecule has 1 saturated heterocycles. The third kappa shape index (κ3) is 11.0. The predicted octanol–water partition coefficient (Wildman–Crippen LogP) is 8.63. The first-order chi connectivity index (χ1) is 17.0. The van der Waals surface area contributed by atoms with Crippen LogP contribution in [0.15, 0.2) is 42.5 Å². The van der Waals surface area contributed by atoms with Crippen LogP contribution in [0.3, 0.4) is 0 Å². The quantitative estimate of drug-likeness (QED) is 0.396. The molecule has 2 N–H and O–H groups in total.